The zero-order chi connectivity index (χ0) is 9.40. The van der Waals surface area contributed by atoms with Gasteiger partial charge in [-0.2, -0.15) is 0 Å². The fourth-order valence-electron chi connectivity index (χ4n) is 0.933. The number of nitrogens with two attached hydrogens (primary N) is 1. The first-order valence-electron chi connectivity index (χ1n) is 4.35. The summed E-state index contributed by atoms with van der Waals surface area (Å²) in [5.41, 5.74) is 5.69. The summed E-state index contributed by atoms with van der Waals surface area (Å²) < 4.78 is 0. The minimum atomic E-state index is -0.835. The van der Waals surface area contributed by atoms with E-state index in [0.29, 0.717) is 6.54 Å². The SMILES string of the molecule is CCCCC(N)CNCC(=O)O. The lowest BCUT2D eigenvalue weighted by atomic mass is 10.1. The highest BCUT2D eigenvalue weighted by atomic mass is 16.4. The number of nitrogens with one attached hydrogen (secondary N) is 1. The molecule has 12 heavy (non-hydrogen) atoms. The fraction of sp³-hybridized carbons (Fsp3) is 0.875. The first-order valence-corrected chi connectivity index (χ1v) is 4.35. The average Bonchev–Trinajstić information content (AvgIpc) is 2.00. The summed E-state index contributed by atoms with van der Waals surface area (Å²) in [6.45, 7) is 2.70. The molecule has 0 aromatic heterocycles. The molecule has 0 aliphatic heterocycles. The van der Waals surface area contributed by atoms with Crippen molar-refractivity contribution >= 4 is 5.97 Å². The third-order valence-corrected chi connectivity index (χ3v) is 1.61. The zero-order valence-electron chi connectivity index (χ0n) is 7.55. The van der Waals surface area contributed by atoms with E-state index in [0.717, 1.165) is 19.3 Å². The van der Waals surface area contributed by atoms with E-state index in [1.54, 1.807) is 0 Å². The van der Waals surface area contributed by atoms with Gasteiger partial charge in [-0.1, -0.05) is 19.8 Å². The Kier molecular flexibility index (Phi) is 6.70. The minimum absolute atomic E-state index is 0.000174. The van der Waals surface area contributed by atoms with Crippen LogP contribution in [-0.2, 0) is 4.79 Å². The Bertz CT molecular complexity index is 128. The Labute approximate surface area is 73.1 Å². The summed E-state index contributed by atoms with van der Waals surface area (Å²) in [5, 5.41) is 11.1. The molecule has 0 aromatic rings. The average molecular weight is 174 g/mol. The summed E-state index contributed by atoms with van der Waals surface area (Å²) in [4.78, 5) is 10.1. The van der Waals surface area contributed by atoms with Gasteiger partial charge in [-0.15, -0.1) is 0 Å². The lowest BCUT2D eigenvalue weighted by Crippen LogP contribution is -2.36. The third kappa shape index (κ3) is 7.50. The number of carboxylic acids is 1. The molecule has 0 spiro atoms. The Morgan fingerprint density at radius 1 is 1.67 bits per heavy atom. The Hall–Kier alpha value is -0.610. The highest BCUT2D eigenvalue weighted by Crippen LogP contribution is 1.96. The van der Waals surface area contributed by atoms with Crippen molar-refractivity contribution in [3.63, 3.8) is 0 Å². The van der Waals surface area contributed by atoms with E-state index in [-0.39, 0.29) is 12.6 Å². The highest BCUT2D eigenvalue weighted by molar-refractivity contribution is 5.68. The Balaban J connectivity index is 3.19. The Morgan fingerprint density at radius 2 is 2.33 bits per heavy atom. The molecule has 0 fully saturated rings. The fourth-order valence-corrected chi connectivity index (χ4v) is 0.933. The quantitative estimate of drug-likeness (QED) is 0.514. The highest BCUT2D eigenvalue weighted by Gasteiger charge is 2.01. The van der Waals surface area contributed by atoms with Crippen molar-refractivity contribution in [3.05, 3.63) is 0 Å². The van der Waals surface area contributed by atoms with E-state index in [1.807, 2.05) is 0 Å². The van der Waals surface area contributed by atoms with E-state index >= 15 is 0 Å². The van der Waals surface area contributed by atoms with Gasteiger partial charge in [-0.3, -0.25) is 4.79 Å². The van der Waals surface area contributed by atoms with Crippen molar-refractivity contribution in [2.75, 3.05) is 13.1 Å². The normalized spacial score (nSPS) is 12.8. The van der Waals surface area contributed by atoms with E-state index in [1.165, 1.54) is 0 Å². The molecule has 0 bridgehead atoms. The van der Waals surface area contributed by atoms with Crippen LogP contribution in [0.5, 0.6) is 0 Å². The molecule has 72 valence electrons. The molecule has 0 aliphatic rings. The molecular formula is C8H18N2O2. The summed E-state index contributed by atoms with van der Waals surface area (Å²) >= 11 is 0. The molecule has 4 N–H and O–H groups in total. The smallest absolute Gasteiger partial charge is 0.317 e. The molecule has 0 aliphatic carbocycles. The first-order chi connectivity index (χ1) is 5.66. The number of carbonyl (C=O) groups is 1. The minimum Gasteiger partial charge on any atom is -0.480 e. The molecule has 0 saturated heterocycles. The van der Waals surface area contributed by atoms with Gasteiger partial charge in [-0.25, -0.2) is 0 Å². The second-order valence-corrected chi connectivity index (χ2v) is 2.93. The molecule has 4 heteroatoms. The van der Waals surface area contributed by atoms with Crippen molar-refractivity contribution in [3.8, 4) is 0 Å². The van der Waals surface area contributed by atoms with Crippen molar-refractivity contribution < 1.29 is 9.90 Å². The summed E-state index contributed by atoms with van der Waals surface area (Å²) in [5.74, 6) is -0.835. The Morgan fingerprint density at radius 3 is 2.83 bits per heavy atom. The monoisotopic (exact) mass is 174 g/mol. The van der Waals surface area contributed by atoms with Gasteiger partial charge >= 0.3 is 5.97 Å². The van der Waals surface area contributed by atoms with Crippen LogP contribution < -0.4 is 11.1 Å². The van der Waals surface area contributed by atoms with Gasteiger partial charge in [0.05, 0.1) is 6.54 Å². The van der Waals surface area contributed by atoms with Gasteiger partial charge in [0.2, 0.25) is 0 Å². The summed E-state index contributed by atoms with van der Waals surface area (Å²) in [6, 6.07) is 0.0873. The number of unbranched alkanes of at least 4 members (excludes halogenated alkanes) is 1. The van der Waals surface area contributed by atoms with Crippen molar-refractivity contribution in [1.82, 2.24) is 5.32 Å². The van der Waals surface area contributed by atoms with Crippen LogP contribution in [0.25, 0.3) is 0 Å². The number of hydrogen-bond acceptors (Lipinski definition) is 3. The van der Waals surface area contributed by atoms with Crippen LogP contribution in [0.2, 0.25) is 0 Å². The number of aliphatic carboxylic acids is 1. The predicted octanol–water partition coefficient (Wildman–Crippen LogP) is 0.178. The van der Waals surface area contributed by atoms with Gasteiger partial charge < -0.3 is 16.2 Å². The second kappa shape index (κ2) is 7.06. The molecule has 0 amide bonds. The number of carboxylic acid groups (broad SMARTS) is 1. The molecule has 0 radical (unpaired) electrons. The zero-order valence-corrected chi connectivity index (χ0v) is 7.55. The van der Waals surface area contributed by atoms with Gasteiger partial charge in [0.25, 0.3) is 0 Å². The molecule has 0 heterocycles. The first kappa shape index (κ1) is 11.4. The van der Waals surface area contributed by atoms with Crippen LogP contribution in [-0.4, -0.2) is 30.2 Å². The largest absolute Gasteiger partial charge is 0.480 e. The van der Waals surface area contributed by atoms with Crippen LogP contribution in [0.3, 0.4) is 0 Å². The summed E-state index contributed by atoms with van der Waals surface area (Å²) in [7, 11) is 0. The van der Waals surface area contributed by atoms with Crippen LogP contribution in [0, 0.1) is 0 Å². The van der Waals surface area contributed by atoms with Crippen molar-refractivity contribution in [2.45, 2.75) is 32.2 Å². The van der Waals surface area contributed by atoms with Crippen molar-refractivity contribution in [1.29, 1.82) is 0 Å². The maximum Gasteiger partial charge on any atom is 0.317 e. The van der Waals surface area contributed by atoms with Crippen LogP contribution in [0.1, 0.15) is 26.2 Å². The summed E-state index contributed by atoms with van der Waals surface area (Å²) in [6.07, 6.45) is 3.20. The molecule has 4 nitrogen and oxygen atoms in total. The standard InChI is InChI=1S/C8H18N2O2/c1-2-3-4-7(9)5-10-6-8(11)12/h7,10H,2-6,9H2,1H3,(H,11,12). The molecule has 0 saturated carbocycles. The van der Waals surface area contributed by atoms with Crippen molar-refractivity contribution in [2.24, 2.45) is 5.73 Å². The van der Waals surface area contributed by atoms with Crippen LogP contribution in [0.4, 0.5) is 0 Å². The molecule has 1 unspecified atom stereocenters. The second-order valence-electron chi connectivity index (χ2n) is 2.93. The third-order valence-electron chi connectivity index (χ3n) is 1.61. The molecule has 0 aromatic carbocycles. The van der Waals surface area contributed by atoms with E-state index in [2.05, 4.69) is 12.2 Å². The van der Waals surface area contributed by atoms with Gasteiger partial charge in [-0.05, 0) is 6.42 Å². The van der Waals surface area contributed by atoms with E-state index < -0.39 is 5.97 Å². The number of rotatable bonds is 7. The molecular weight excluding hydrogens is 156 g/mol. The van der Waals surface area contributed by atoms with E-state index in [9.17, 15) is 4.79 Å². The maximum absolute atomic E-state index is 10.1. The predicted molar refractivity (Wildman–Crippen MR) is 48.0 cm³/mol. The topological polar surface area (TPSA) is 75.3 Å². The molecule has 1 atom stereocenters. The molecule has 0 rings (SSSR count). The van der Waals surface area contributed by atoms with Crippen LogP contribution in [0.15, 0.2) is 0 Å². The maximum atomic E-state index is 10.1. The lowest BCUT2D eigenvalue weighted by molar-refractivity contribution is -0.135. The van der Waals surface area contributed by atoms with Gasteiger partial charge in [0.1, 0.15) is 0 Å². The lowest BCUT2D eigenvalue weighted by Gasteiger charge is -2.10. The van der Waals surface area contributed by atoms with Crippen LogP contribution >= 0.6 is 0 Å². The van der Waals surface area contributed by atoms with Gasteiger partial charge in [0.15, 0.2) is 0 Å². The number of hydrogen-bond donors (Lipinski definition) is 3. The van der Waals surface area contributed by atoms with E-state index in [4.69, 9.17) is 10.8 Å². The van der Waals surface area contributed by atoms with Gasteiger partial charge in [0, 0.05) is 12.6 Å².